The molecule has 0 aliphatic heterocycles. The normalized spacial score (nSPS) is 27.6. The fourth-order valence-corrected chi connectivity index (χ4v) is 2.25. The van der Waals surface area contributed by atoms with Crippen LogP contribution in [0.25, 0.3) is 0 Å². The van der Waals surface area contributed by atoms with Gasteiger partial charge in [-0.15, -0.1) is 0 Å². The van der Waals surface area contributed by atoms with Crippen LogP contribution in [0.3, 0.4) is 0 Å². The molecule has 1 saturated carbocycles. The van der Waals surface area contributed by atoms with Gasteiger partial charge in [-0.3, -0.25) is 4.79 Å². The van der Waals surface area contributed by atoms with Gasteiger partial charge in [0.15, 0.2) is 4.58 Å². The molecule has 16 heavy (non-hydrogen) atoms. The number of rotatable bonds is 2. The van der Waals surface area contributed by atoms with Crippen LogP contribution in [-0.4, -0.2) is 10.5 Å². The van der Waals surface area contributed by atoms with Crippen LogP contribution in [0.4, 0.5) is 14.5 Å². The monoisotopic (exact) mass is 289 g/mol. The molecule has 1 aromatic carbocycles. The summed E-state index contributed by atoms with van der Waals surface area (Å²) in [5, 5.41) is 2.57. The summed E-state index contributed by atoms with van der Waals surface area (Å²) in [5.74, 6) is -1.09. The molecule has 2 atom stereocenters. The molecular formula is C11H10BrF2NO. The molecule has 1 N–H and O–H groups in total. The first-order valence-corrected chi connectivity index (χ1v) is 5.64. The molecule has 86 valence electrons. The van der Waals surface area contributed by atoms with Crippen LogP contribution >= 0.6 is 15.9 Å². The van der Waals surface area contributed by atoms with Crippen LogP contribution < -0.4 is 5.32 Å². The second kappa shape index (κ2) is 3.80. The van der Waals surface area contributed by atoms with Gasteiger partial charge >= 0.3 is 0 Å². The number of nitrogens with one attached hydrogen (secondary N) is 1. The lowest BCUT2D eigenvalue weighted by atomic mass is 10.1. The Morgan fingerprint density at radius 2 is 2.25 bits per heavy atom. The van der Waals surface area contributed by atoms with Gasteiger partial charge in [0.25, 0.3) is 0 Å². The summed E-state index contributed by atoms with van der Waals surface area (Å²) >= 11 is 2.91. The summed E-state index contributed by atoms with van der Waals surface area (Å²) in [7, 11) is 0. The van der Waals surface area contributed by atoms with Crippen molar-refractivity contribution in [2.75, 3.05) is 5.32 Å². The minimum Gasteiger partial charge on any atom is -0.326 e. The standard InChI is InChI=1S/C11H10BrF2NO/c1-6(16)15-10-3-2-7(13)4-8(10)9-5-11(9,12)14/h2-4,9H,5H2,1H3,(H,15,16). The molecule has 0 spiro atoms. The molecule has 1 fully saturated rings. The summed E-state index contributed by atoms with van der Waals surface area (Å²) < 4.78 is 25.1. The van der Waals surface area contributed by atoms with Crippen LogP contribution in [0.2, 0.25) is 0 Å². The molecule has 1 aromatic rings. The zero-order valence-corrected chi connectivity index (χ0v) is 10.1. The second-order valence-electron chi connectivity index (χ2n) is 3.93. The third-order valence-electron chi connectivity index (χ3n) is 2.53. The number of anilines is 1. The van der Waals surface area contributed by atoms with E-state index in [0.29, 0.717) is 17.7 Å². The Labute approximate surface area is 100 Å². The summed E-state index contributed by atoms with van der Waals surface area (Å²) in [5.41, 5.74) is 0.965. The lowest BCUT2D eigenvalue weighted by molar-refractivity contribution is -0.114. The van der Waals surface area contributed by atoms with Crippen molar-refractivity contribution in [2.24, 2.45) is 0 Å². The summed E-state index contributed by atoms with van der Waals surface area (Å²) in [4.78, 5) is 10.9. The summed E-state index contributed by atoms with van der Waals surface area (Å²) in [6, 6.07) is 3.96. The SMILES string of the molecule is CC(=O)Nc1ccc(F)cc1C1CC1(F)Br. The number of hydrogen-bond acceptors (Lipinski definition) is 1. The third-order valence-corrected chi connectivity index (χ3v) is 3.40. The van der Waals surface area contributed by atoms with Crippen molar-refractivity contribution in [3.8, 4) is 0 Å². The van der Waals surface area contributed by atoms with Crippen LogP contribution in [0.1, 0.15) is 24.8 Å². The van der Waals surface area contributed by atoms with Gasteiger partial charge in [-0.2, -0.15) is 0 Å². The minimum atomic E-state index is -1.46. The molecule has 0 saturated heterocycles. The van der Waals surface area contributed by atoms with E-state index in [1.165, 1.54) is 25.1 Å². The van der Waals surface area contributed by atoms with Crippen LogP contribution in [-0.2, 0) is 4.79 Å². The second-order valence-corrected chi connectivity index (χ2v) is 5.25. The number of alkyl halides is 2. The van der Waals surface area contributed by atoms with Crippen molar-refractivity contribution in [1.82, 2.24) is 0 Å². The highest BCUT2D eigenvalue weighted by molar-refractivity contribution is 9.10. The molecule has 1 aliphatic carbocycles. The molecule has 0 bridgehead atoms. The lowest BCUT2D eigenvalue weighted by Gasteiger charge is -2.09. The first-order chi connectivity index (χ1) is 7.40. The number of hydrogen-bond donors (Lipinski definition) is 1. The molecule has 0 heterocycles. The van der Waals surface area contributed by atoms with E-state index in [1.807, 2.05) is 0 Å². The summed E-state index contributed by atoms with van der Waals surface area (Å²) in [6.07, 6.45) is 0.295. The lowest BCUT2D eigenvalue weighted by Crippen LogP contribution is -2.08. The highest BCUT2D eigenvalue weighted by atomic mass is 79.9. The maximum atomic E-state index is 13.5. The van der Waals surface area contributed by atoms with E-state index in [0.717, 1.165) is 0 Å². The topological polar surface area (TPSA) is 29.1 Å². The molecule has 2 nitrogen and oxygen atoms in total. The average molecular weight is 290 g/mol. The highest BCUT2D eigenvalue weighted by Crippen LogP contribution is 2.60. The Hall–Kier alpha value is -0.970. The van der Waals surface area contributed by atoms with E-state index in [4.69, 9.17) is 0 Å². The molecule has 2 rings (SSSR count). The number of benzene rings is 1. The number of carbonyl (C=O) groups is 1. The van der Waals surface area contributed by atoms with Crippen LogP contribution in [0.15, 0.2) is 18.2 Å². The van der Waals surface area contributed by atoms with Gasteiger partial charge < -0.3 is 5.32 Å². The smallest absolute Gasteiger partial charge is 0.221 e. The number of halogens is 3. The van der Waals surface area contributed by atoms with Crippen molar-refractivity contribution in [1.29, 1.82) is 0 Å². The van der Waals surface area contributed by atoms with E-state index >= 15 is 0 Å². The van der Waals surface area contributed by atoms with Crippen molar-refractivity contribution < 1.29 is 13.6 Å². The highest BCUT2D eigenvalue weighted by Gasteiger charge is 2.55. The first-order valence-electron chi connectivity index (χ1n) is 4.85. The van der Waals surface area contributed by atoms with Crippen molar-refractivity contribution in [2.45, 2.75) is 23.8 Å². The zero-order chi connectivity index (χ0) is 11.9. The largest absolute Gasteiger partial charge is 0.326 e. The van der Waals surface area contributed by atoms with Gasteiger partial charge in [0.05, 0.1) is 0 Å². The quantitative estimate of drug-likeness (QED) is 0.832. The zero-order valence-electron chi connectivity index (χ0n) is 8.56. The Bertz CT molecular complexity index is 448. The Morgan fingerprint density at radius 3 is 2.75 bits per heavy atom. The van der Waals surface area contributed by atoms with Gasteiger partial charge in [0.2, 0.25) is 5.91 Å². The average Bonchev–Trinajstić information content (AvgIpc) is 2.77. The van der Waals surface area contributed by atoms with Gasteiger partial charge in [-0.05, 0) is 39.7 Å². The van der Waals surface area contributed by atoms with E-state index in [2.05, 4.69) is 21.2 Å². The molecule has 1 aliphatic rings. The van der Waals surface area contributed by atoms with Crippen molar-refractivity contribution in [3.63, 3.8) is 0 Å². The Kier molecular flexibility index (Phi) is 2.74. The fourth-order valence-electron chi connectivity index (χ4n) is 1.68. The van der Waals surface area contributed by atoms with Gasteiger partial charge in [0.1, 0.15) is 5.82 Å². The van der Waals surface area contributed by atoms with Gasteiger partial charge in [-0.25, -0.2) is 8.78 Å². The predicted octanol–water partition coefficient (Wildman–Crippen LogP) is 3.33. The Morgan fingerprint density at radius 1 is 1.62 bits per heavy atom. The van der Waals surface area contributed by atoms with Crippen molar-refractivity contribution in [3.05, 3.63) is 29.6 Å². The molecular weight excluding hydrogens is 280 g/mol. The van der Waals surface area contributed by atoms with Gasteiger partial charge in [-0.1, -0.05) is 0 Å². The summed E-state index contributed by atoms with van der Waals surface area (Å²) in [6.45, 7) is 1.36. The maximum absolute atomic E-state index is 13.5. The van der Waals surface area contributed by atoms with Gasteiger partial charge in [0, 0.05) is 24.9 Å². The molecule has 5 heteroatoms. The first kappa shape index (κ1) is 11.5. The Balaban J connectivity index is 2.34. The molecule has 0 radical (unpaired) electrons. The van der Waals surface area contributed by atoms with Crippen LogP contribution in [0.5, 0.6) is 0 Å². The minimum absolute atomic E-state index is 0.257. The van der Waals surface area contributed by atoms with E-state index in [-0.39, 0.29) is 5.91 Å². The molecule has 0 aromatic heterocycles. The third kappa shape index (κ3) is 2.24. The van der Waals surface area contributed by atoms with Crippen molar-refractivity contribution >= 4 is 27.5 Å². The maximum Gasteiger partial charge on any atom is 0.221 e. The number of amides is 1. The van der Waals surface area contributed by atoms with E-state index < -0.39 is 16.3 Å². The fraction of sp³-hybridized carbons (Fsp3) is 0.364. The predicted molar refractivity (Wildman–Crippen MR) is 60.8 cm³/mol. The molecule has 1 amide bonds. The van der Waals surface area contributed by atoms with E-state index in [9.17, 15) is 13.6 Å². The van der Waals surface area contributed by atoms with Crippen LogP contribution in [0, 0.1) is 5.82 Å². The van der Waals surface area contributed by atoms with E-state index in [1.54, 1.807) is 0 Å². The molecule has 2 unspecified atom stereocenters. The number of carbonyl (C=O) groups excluding carboxylic acids is 1.